The molecular weight excluding hydrogens is 226 g/mol. The van der Waals surface area contributed by atoms with Crippen molar-refractivity contribution in [2.24, 2.45) is 0 Å². The number of hydrogen-bond acceptors (Lipinski definition) is 3. The minimum atomic E-state index is 0.235. The molecule has 96 valence electrons. The molecule has 0 aliphatic carbocycles. The third-order valence-corrected chi connectivity index (χ3v) is 3.85. The number of nitrogen functional groups attached to an aromatic ring is 1. The van der Waals surface area contributed by atoms with Crippen molar-refractivity contribution in [1.82, 2.24) is 9.55 Å². The summed E-state index contributed by atoms with van der Waals surface area (Å²) in [7, 11) is 0. The molecule has 2 unspecified atom stereocenters. The Morgan fingerprint density at radius 2 is 2.33 bits per heavy atom. The normalized spacial score (nSPS) is 21.6. The summed E-state index contributed by atoms with van der Waals surface area (Å²) in [6, 6.07) is 6.36. The largest absolute Gasteiger partial charge is 0.376 e. The van der Waals surface area contributed by atoms with Gasteiger partial charge in [-0.05, 0) is 38.3 Å². The molecule has 0 radical (unpaired) electrons. The highest BCUT2D eigenvalue weighted by atomic mass is 16.5. The number of imidazole rings is 1. The van der Waals surface area contributed by atoms with Crippen molar-refractivity contribution >= 4 is 17.0 Å². The molecule has 3 rings (SSSR count). The molecule has 1 aromatic carbocycles. The first kappa shape index (κ1) is 11.5. The van der Waals surface area contributed by atoms with Gasteiger partial charge in [0.15, 0.2) is 0 Å². The van der Waals surface area contributed by atoms with Crippen molar-refractivity contribution in [3.63, 3.8) is 0 Å². The number of benzene rings is 1. The molecule has 2 heterocycles. The average molecular weight is 245 g/mol. The van der Waals surface area contributed by atoms with E-state index in [1.54, 1.807) is 0 Å². The van der Waals surface area contributed by atoms with Gasteiger partial charge in [0, 0.05) is 6.61 Å². The summed E-state index contributed by atoms with van der Waals surface area (Å²) >= 11 is 0. The second-order valence-corrected chi connectivity index (χ2v) is 5.07. The van der Waals surface area contributed by atoms with Crippen molar-refractivity contribution in [3.05, 3.63) is 23.8 Å². The zero-order chi connectivity index (χ0) is 12.7. The minimum Gasteiger partial charge on any atom is -0.376 e. The molecule has 1 saturated heterocycles. The first-order valence-electron chi connectivity index (χ1n) is 6.53. The van der Waals surface area contributed by atoms with Crippen LogP contribution >= 0.6 is 0 Å². The van der Waals surface area contributed by atoms with Crippen molar-refractivity contribution < 1.29 is 4.74 Å². The van der Waals surface area contributed by atoms with E-state index in [2.05, 4.69) is 29.5 Å². The molecule has 2 N–H and O–H groups in total. The molecule has 1 fully saturated rings. The number of nitrogens with zero attached hydrogens (tertiary/aromatic N) is 2. The van der Waals surface area contributed by atoms with Gasteiger partial charge in [0.2, 0.25) is 5.95 Å². The predicted molar refractivity (Wildman–Crippen MR) is 72.6 cm³/mol. The standard InChI is InChI=1S/C14H19N3O/c1-9-5-3-6-11-13(9)17(14(15)16-11)10(2)12-7-4-8-18-12/h3,5-6,10,12H,4,7-8H2,1-2H3,(H2,15,16). The smallest absolute Gasteiger partial charge is 0.201 e. The van der Waals surface area contributed by atoms with Gasteiger partial charge in [-0.15, -0.1) is 0 Å². The molecule has 2 aromatic rings. The number of para-hydroxylation sites is 1. The number of hydrogen-bond donors (Lipinski definition) is 1. The third-order valence-electron chi connectivity index (χ3n) is 3.85. The fourth-order valence-corrected chi connectivity index (χ4v) is 2.90. The monoisotopic (exact) mass is 245 g/mol. The van der Waals surface area contributed by atoms with Crippen LogP contribution in [0.25, 0.3) is 11.0 Å². The number of rotatable bonds is 2. The molecular formula is C14H19N3O. The van der Waals surface area contributed by atoms with E-state index in [1.807, 2.05) is 12.1 Å². The minimum absolute atomic E-state index is 0.235. The highest BCUT2D eigenvalue weighted by Gasteiger charge is 2.26. The van der Waals surface area contributed by atoms with Crippen molar-refractivity contribution in [2.45, 2.75) is 38.8 Å². The lowest BCUT2D eigenvalue weighted by Crippen LogP contribution is -2.22. The second-order valence-electron chi connectivity index (χ2n) is 5.07. The van der Waals surface area contributed by atoms with Gasteiger partial charge in [-0.1, -0.05) is 12.1 Å². The van der Waals surface area contributed by atoms with Crippen LogP contribution in [0.1, 0.15) is 31.4 Å². The molecule has 4 nitrogen and oxygen atoms in total. The molecule has 1 aromatic heterocycles. The van der Waals surface area contributed by atoms with Gasteiger partial charge < -0.3 is 15.0 Å². The van der Waals surface area contributed by atoms with Crippen LogP contribution in [0.4, 0.5) is 5.95 Å². The Labute approximate surface area is 107 Å². The number of ether oxygens (including phenoxy) is 1. The van der Waals surface area contributed by atoms with E-state index in [1.165, 1.54) is 5.56 Å². The Balaban J connectivity index is 2.12. The lowest BCUT2D eigenvalue weighted by atomic mass is 10.1. The molecule has 0 saturated carbocycles. The highest BCUT2D eigenvalue weighted by Crippen LogP contribution is 2.31. The topological polar surface area (TPSA) is 53.1 Å². The van der Waals surface area contributed by atoms with Gasteiger partial charge in [-0.25, -0.2) is 4.98 Å². The Hall–Kier alpha value is -1.55. The lowest BCUT2D eigenvalue weighted by molar-refractivity contribution is 0.0751. The summed E-state index contributed by atoms with van der Waals surface area (Å²) in [5.41, 5.74) is 9.40. The zero-order valence-electron chi connectivity index (χ0n) is 10.9. The van der Waals surface area contributed by atoms with E-state index < -0.39 is 0 Å². The Kier molecular flexibility index (Phi) is 2.74. The van der Waals surface area contributed by atoms with Crippen LogP contribution < -0.4 is 5.73 Å². The summed E-state index contributed by atoms with van der Waals surface area (Å²) in [4.78, 5) is 4.45. The molecule has 0 spiro atoms. The molecule has 1 aliphatic heterocycles. The Morgan fingerprint density at radius 3 is 3.06 bits per heavy atom. The summed E-state index contributed by atoms with van der Waals surface area (Å²) in [5, 5.41) is 0. The maximum absolute atomic E-state index is 6.09. The maximum Gasteiger partial charge on any atom is 0.201 e. The van der Waals surface area contributed by atoms with Crippen molar-refractivity contribution in [2.75, 3.05) is 12.3 Å². The van der Waals surface area contributed by atoms with Crippen LogP contribution in [0.15, 0.2) is 18.2 Å². The fourth-order valence-electron chi connectivity index (χ4n) is 2.90. The van der Waals surface area contributed by atoms with Crippen LogP contribution in [0.2, 0.25) is 0 Å². The first-order chi connectivity index (χ1) is 8.68. The Bertz CT molecular complexity index is 570. The molecule has 0 amide bonds. The number of aryl methyl sites for hydroxylation is 1. The number of nitrogens with two attached hydrogens (primary N) is 1. The molecule has 4 heteroatoms. The van der Waals surface area contributed by atoms with Crippen LogP contribution in [0, 0.1) is 6.92 Å². The zero-order valence-corrected chi connectivity index (χ0v) is 10.9. The first-order valence-corrected chi connectivity index (χ1v) is 6.53. The van der Waals surface area contributed by atoms with E-state index in [0.29, 0.717) is 5.95 Å². The van der Waals surface area contributed by atoms with Gasteiger partial charge in [-0.3, -0.25) is 0 Å². The third kappa shape index (κ3) is 1.68. The number of anilines is 1. The molecule has 18 heavy (non-hydrogen) atoms. The summed E-state index contributed by atoms with van der Waals surface area (Å²) in [6.07, 6.45) is 2.50. The quantitative estimate of drug-likeness (QED) is 0.885. The van der Waals surface area contributed by atoms with E-state index in [4.69, 9.17) is 10.5 Å². The van der Waals surface area contributed by atoms with E-state index in [9.17, 15) is 0 Å². The van der Waals surface area contributed by atoms with Crippen LogP contribution in [0.3, 0.4) is 0 Å². The van der Waals surface area contributed by atoms with Crippen LogP contribution in [-0.4, -0.2) is 22.3 Å². The SMILES string of the molecule is Cc1cccc2nc(N)n(C(C)C3CCCO3)c12. The van der Waals surface area contributed by atoms with Crippen LogP contribution in [0.5, 0.6) is 0 Å². The van der Waals surface area contributed by atoms with Gasteiger partial charge >= 0.3 is 0 Å². The number of fused-ring (bicyclic) bond motifs is 1. The number of aromatic nitrogens is 2. The average Bonchev–Trinajstić information content (AvgIpc) is 2.95. The van der Waals surface area contributed by atoms with Gasteiger partial charge in [-0.2, -0.15) is 0 Å². The molecule has 0 bridgehead atoms. The van der Waals surface area contributed by atoms with Gasteiger partial charge in [0.05, 0.1) is 23.2 Å². The summed E-state index contributed by atoms with van der Waals surface area (Å²) in [6.45, 7) is 5.13. The van der Waals surface area contributed by atoms with Gasteiger partial charge in [0.1, 0.15) is 0 Å². The predicted octanol–water partition coefficient (Wildman–Crippen LogP) is 2.67. The lowest BCUT2D eigenvalue weighted by Gasteiger charge is -2.22. The molecule has 1 aliphatic rings. The maximum atomic E-state index is 6.09. The van der Waals surface area contributed by atoms with Crippen LogP contribution in [-0.2, 0) is 4.74 Å². The Morgan fingerprint density at radius 1 is 1.50 bits per heavy atom. The summed E-state index contributed by atoms with van der Waals surface area (Å²) in [5.74, 6) is 0.585. The fraction of sp³-hybridized carbons (Fsp3) is 0.500. The highest BCUT2D eigenvalue weighted by molar-refractivity contribution is 5.81. The van der Waals surface area contributed by atoms with E-state index >= 15 is 0 Å². The molecule has 2 atom stereocenters. The van der Waals surface area contributed by atoms with E-state index in [-0.39, 0.29) is 12.1 Å². The van der Waals surface area contributed by atoms with Crippen molar-refractivity contribution in [1.29, 1.82) is 0 Å². The van der Waals surface area contributed by atoms with E-state index in [0.717, 1.165) is 30.5 Å². The summed E-state index contributed by atoms with van der Waals surface area (Å²) < 4.78 is 7.90. The van der Waals surface area contributed by atoms with Gasteiger partial charge in [0.25, 0.3) is 0 Å². The van der Waals surface area contributed by atoms with Crippen molar-refractivity contribution in [3.8, 4) is 0 Å². The second kappa shape index (κ2) is 4.28.